The van der Waals surface area contributed by atoms with Gasteiger partial charge in [0.15, 0.2) is 6.10 Å². The summed E-state index contributed by atoms with van der Waals surface area (Å²) in [4.78, 5) is 44.4. The van der Waals surface area contributed by atoms with Crippen LogP contribution < -0.4 is 0 Å². The van der Waals surface area contributed by atoms with Crippen LogP contribution in [0.25, 0.3) is 0 Å². The van der Waals surface area contributed by atoms with E-state index in [1.54, 1.807) is 0 Å². The van der Waals surface area contributed by atoms with Gasteiger partial charge >= 0.3 is 23.9 Å². The van der Waals surface area contributed by atoms with Crippen molar-refractivity contribution in [1.82, 2.24) is 0 Å². The zero-order chi connectivity index (χ0) is 16.6. The highest BCUT2D eigenvalue weighted by molar-refractivity contribution is 5.80. The molecule has 0 aliphatic heterocycles. The zero-order valence-corrected chi connectivity index (χ0v) is 12.2. The number of aliphatic hydroxyl groups is 1. The molecule has 0 aliphatic rings. The summed E-state index contributed by atoms with van der Waals surface area (Å²) < 4.78 is 18.5. The monoisotopic (exact) mass is 306 g/mol. The molecule has 0 bridgehead atoms. The van der Waals surface area contributed by atoms with Gasteiger partial charge in [-0.25, -0.2) is 4.79 Å². The zero-order valence-electron chi connectivity index (χ0n) is 12.2. The summed E-state index contributed by atoms with van der Waals surface area (Å²) in [6.45, 7) is 2.62. The molecule has 0 saturated carbocycles. The van der Waals surface area contributed by atoms with Gasteiger partial charge in [-0.3, -0.25) is 14.4 Å². The van der Waals surface area contributed by atoms with Gasteiger partial charge in [0.2, 0.25) is 6.10 Å². The van der Waals surface area contributed by atoms with E-state index in [4.69, 9.17) is 9.47 Å². The number of methoxy groups -OCH3 is 1. The Morgan fingerprint density at radius 2 is 1.48 bits per heavy atom. The van der Waals surface area contributed by atoms with Gasteiger partial charge in [0.25, 0.3) is 0 Å². The molecule has 1 unspecified atom stereocenters. The Kier molecular flexibility index (Phi) is 7.99. The molecule has 0 fully saturated rings. The molecule has 0 heterocycles. The van der Waals surface area contributed by atoms with Crippen LogP contribution in [0.1, 0.15) is 20.8 Å². The molecule has 0 aromatic heterocycles. The number of ether oxygens (including phenoxy) is 4. The lowest BCUT2D eigenvalue weighted by atomic mass is 10.1. The van der Waals surface area contributed by atoms with Gasteiger partial charge < -0.3 is 24.1 Å². The lowest BCUT2D eigenvalue weighted by molar-refractivity contribution is -0.190. The van der Waals surface area contributed by atoms with E-state index in [1.807, 2.05) is 0 Å². The highest BCUT2D eigenvalue weighted by atomic mass is 16.6. The van der Waals surface area contributed by atoms with E-state index in [9.17, 15) is 24.3 Å². The Balaban J connectivity index is 5.19. The van der Waals surface area contributed by atoms with Crippen LogP contribution in [-0.4, -0.2) is 61.0 Å². The van der Waals surface area contributed by atoms with Crippen molar-refractivity contribution in [1.29, 1.82) is 0 Å². The van der Waals surface area contributed by atoms with E-state index < -0.39 is 48.8 Å². The standard InChI is InChI=1S/C12H18O9/c1-6(13)19-5-9(16)10(20-7(2)14)11(12(17)18-4)21-8(3)15/h9-11,16H,5H2,1-4H3/t9?,10-,11-/m1/s1. The Morgan fingerprint density at radius 1 is 0.952 bits per heavy atom. The number of aliphatic hydroxyl groups excluding tert-OH is 1. The fourth-order valence-electron chi connectivity index (χ4n) is 1.38. The summed E-state index contributed by atoms with van der Waals surface area (Å²) in [5, 5.41) is 9.88. The van der Waals surface area contributed by atoms with Gasteiger partial charge in [-0.15, -0.1) is 0 Å². The number of rotatable bonds is 7. The molecular formula is C12H18O9. The average molecular weight is 306 g/mol. The van der Waals surface area contributed by atoms with Gasteiger partial charge in [-0.2, -0.15) is 0 Å². The van der Waals surface area contributed by atoms with E-state index in [-0.39, 0.29) is 0 Å². The quantitative estimate of drug-likeness (QED) is 0.463. The normalized spacial score (nSPS) is 14.3. The maximum atomic E-state index is 11.6. The Labute approximate surface area is 121 Å². The van der Waals surface area contributed by atoms with Crippen LogP contribution in [-0.2, 0) is 38.1 Å². The Bertz CT molecular complexity index is 404. The van der Waals surface area contributed by atoms with Crippen LogP contribution in [0.4, 0.5) is 0 Å². The Hall–Kier alpha value is -2.16. The Morgan fingerprint density at radius 3 is 1.86 bits per heavy atom. The SMILES string of the molecule is COC(=O)[C@H](OC(C)=O)[C@H](OC(C)=O)C(O)COC(C)=O. The van der Waals surface area contributed by atoms with Crippen molar-refractivity contribution in [2.24, 2.45) is 0 Å². The van der Waals surface area contributed by atoms with Crippen LogP contribution in [0.3, 0.4) is 0 Å². The third kappa shape index (κ3) is 7.25. The largest absolute Gasteiger partial charge is 0.466 e. The van der Waals surface area contributed by atoms with Crippen LogP contribution in [0, 0.1) is 0 Å². The predicted octanol–water partition coefficient (Wildman–Crippen LogP) is -1.05. The fourth-order valence-corrected chi connectivity index (χ4v) is 1.38. The van der Waals surface area contributed by atoms with Crippen molar-refractivity contribution >= 4 is 23.9 Å². The summed E-state index contributed by atoms with van der Waals surface area (Å²) >= 11 is 0. The smallest absolute Gasteiger partial charge is 0.351 e. The maximum absolute atomic E-state index is 11.6. The fraction of sp³-hybridized carbons (Fsp3) is 0.667. The molecule has 9 heteroatoms. The minimum absolute atomic E-state index is 0.554. The molecular weight excluding hydrogens is 288 g/mol. The first kappa shape index (κ1) is 18.8. The molecule has 0 radical (unpaired) electrons. The molecule has 21 heavy (non-hydrogen) atoms. The molecule has 3 atom stereocenters. The summed E-state index contributed by atoms with van der Waals surface area (Å²) in [7, 11) is 1.03. The van der Waals surface area contributed by atoms with Gasteiger partial charge in [0.1, 0.15) is 12.7 Å². The predicted molar refractivity (Wildman–Crippen MR) is 65.8 cm³/mol. The van der Waals surface area contributed by atoms with E-state index >= 15 is 0 Å². The molecule has 0 aromatic carbocycles. The highest BCUT2D eigenvalue weighted by Gasteiger charge is 2.40. The second-order valence-electron chi connectivity index (χ2n) is 4.00. The lowest BCUT2D eigenvalue weighted by Crippen LogP contribution is -2.49. The number of hydrogen-bond donors (Lipinski definition) is 1. The molecule has 0 saturated heterocycles. The average Bonchev–Trinajstić information content (AvgIpc) is 2.38. The van der Waals surface area contributed by atoms with Crippen molar-refractivity contribution in [2.75, 3.05) is 13.7 Å². The number of carbonyl (C=O) groups excluding carboxylic acids is 4. The molecule has 9 nitrogen and oxygen atoms in total. The van der Waals surface area contributed by atoms with Crippen LogP contribution in [0.2, 0.25) is 0 Å². The minimum Gasteiger partial charge on any atom is -0.466 e. The van der Waals surface area contributed by atoms with Gasteiger partial charge in [-0.05, 0) is 0 Å². The second kappa shape index (κ2) is 8.90. The van der Waals surface area contributed by atoms with Gasteiger partial charge in [0, 0.05) is 20.8 Å². The molecule has 0 amide bonds. The highest BCUT2D eigenvalue weighted by Crippen LogP contribution is 2.13. The molecule has 0 spiro atoms. The van der Waals surface area contributed by atoms with Gasteiger partial charge in [-0.1, -0.05) is 0 Å². The summed E-state index contributed by atoms with van der Waals surface area (Å²) in [6.07, 6.45) is -4.83. The van der Waals surface area contributed by atoms with Crippen molar-refractivity contribution in [3.8, 4) is 0 Å². The molecule has 1 N–H and O–H groups in total. The molecule has 0 aliphatic carbocycles. The minimum atomic E-state index is -1.68. The van der Waals surface area contributed by atoms with Crippen molar-refractivity contribution in [3.05, 3.63) is 0 Å². The number of carbonyl (C=O) groups is 4. The molecule has 120 valence electrons. The number of hydrogen-bond acceptors (Lipinski definition) is 9. The summed E-state index contributed by atoms with van der Waals surface area (Å²) in [6, 6.07) is 0. The summed E-state index contributed by atoms with van der Waals surface area (Å²) in [5.41, 5.74) is 0. The topological polar surface area (TPSA) is 125 Å². The third-order valence-electron chi connectivity index (χ3n) is 2.16. The molecule has 0 aromatic rings. The first-order chi connectivity index (χ1) is 9.68. The van der Waals surface area contributed by atoms with Crippen LogP contribution in [0.5, 0.6) is 0 Å². The van der Waals surface area contributed by atoms with Crippen LogP contribution in [0.15, 0.2) is 0 Å². The van der Waals surface area contributed by atoms with Crippen LogP contribution >= 0.6 is 0 Å². The maximum Gasteiger partial charge on any atom is 0.351 e. The van der Waals surface area contributed by atoms with E-state index in [2.05, 4.69) is 9.47 Å². The van der Waals surface area contributed by atoms with E-state index in [1.165, 1.54) is 0 Å². The summed E-state index contributed by atoms with van der Waals surface area (Å²) in [5.74, 6) is -3.39. The van der Waals surface area contributed by atoms with E-state index in [0.717, 1.165) is 27.9 Å². The third-order valence-corrected chi connectivity index (χ3v) is 2.16. The van der Waals surface area contributed by atoms with Crippen molar-refractivity contribution in [2.45, 2.75) is 39.1 Å². The second-order valence-corrected chi connectivity index (χ2v) is 4.00. The molecule has 0 rings (SSSR count). The van der Waals surface area contributed by atoms with Crippen molar-refractivity contribution < 1.29 is 43.2 Å². The first-order valence-electron chi connectivity index (χ1n) is 5.92. The van der Waals surface area contributed by atoms with E-state index in [0.29, 0.717) is 0 Å². The van der Waals surface area contributed by atoms with Gasteiger partial charge in [0.05, 0.1) is 7.11 Å². The number of esters is 4. The lowest BCUT2D eigenvalue weighted by Gasteiger charge is -2.27. The van der Waals surface area contributed by atoms with Crippen molar-refractivity contribution in [3.63, 3.8) is 0 Å². The first-order valence-corrected chi connectivity index (χ1v) is 5.92.